The zero-order valence-electron chi connectivity index (χ0n) is 15.1. The molecule has 5 nitrogen and oxygen atoms in total. The number of halogens is 1. The fourth-order valence-corrected chi connectivity index (χ4v) is 3.25. The van der Waals surface area contributed by atoms with E-state index >= 15 is 0 Å². The van der Waals surface area contributed by atoms with Gasteiger partial charge < -0.3 is 4.74 Å². The number of hydrogen-bond acceptors (Lipinski definition) is 5. The molecule has 0 spiro atoms. The lowest BCUT2D eigenvalue weighted by Gasteiger charge is -2.24. The number of nitrogens with zero attached hydrogens (tertiary/aromatic N) is 2. The normalized spacial score (nSPS) is 11.2. The minimum atomic E-state index is -1.07. The maximum absolute atomic E-state index is 12.6. The highest BCUT2D eigenvalue weighted by Crippen LogP contribution is 2.23. The molecule has 0 saturated carbocycles. The van der Waals surface area contributed by atoms with Crippen molar-refractivity contribution in [2.24, 2.45) is 0 Å². The Labute approximate surface area is 167 Å². The van der Waals surface area contributed by atoms with Crippen LogP contribution in [0.1, 0.15) is 24.4 Å². The van der Waals surface area contributed by atoms with E-state index in [0.29, 0.717) is 15.9 Å². The highest BCUT2D eigenvalue weighted by molar-refractivity contribution is 7.15. The number of aromatic nitrogens is 2. The molecule has 27 heavy (non-hydrogen) atoms. The van der Waals surface area contributed by atoms with Crippen LogP contribution in [0.2, 0.25) is 5.02 Å². The fourth-order valence-electron chi connectivity index (χ4n) is 2.39. The van der Waals surface area contributed by atoms with Crippen LogP contribution in [-0.2, 0) is 17.6 Å². The SMILES string of the molecule is CC(C)(Oc1ccc(Cl)cc1)C(=O)Nc1nnc(CCc2ccccc2)s1. The van der Waals surface area contributed by atoms with E-state index in [1.165, 1.54) is 16.9 Å². The largest absolute Gasteiger partial charge is 0.478 e. The zero-order chi connectivity index (χ0) is 19.3. The van der Waals surface area contributed by atoms with Crippen LogP contribution in [0.5, 0.6) is 5.75 Å². The predicted molar refractivity (Wildman–Crippen MR) is 109 cm³/mol. The Balaban J connectivity index is 1.57. The number of aryl methyl sites for hydroxylation is 2. The van der Waals surface area contributed by atoms with Gasteiger partial charge in [-0.3, -0.25) is 10.1 Å². The minimum absolute atomic E-state index is 0.289. The van der Waals surface area contributed by atoms with Crippen molar-refractivity contribution in [3.05, 3.63) is 70.2 Å². The molecule has 0 aliphatic rings. The lowest BCUT2D eigenvalue weighted by molar-refractivity contribution is -0.128. The number of ether oxygens (including phenoxy) is 1. The summed E-state index contributed by atoms with van der Waals surface area (Å²) in [6, 6.07) is 17.1. The maximum atomic E-state index is 12.6. The standard InChI is InChI=1S/C20H20ClN3O2S/c1-20(2,26-16-11-9-15(21)10-12-16)18(25)22-19-24-23-17(27-19)13-8-14-6-4-3-5-7-14/h3-7,9-12H,8,13H2,1-2H3,(H,22,24,25). The van der Waals surface area contributed by atoms with Crippen molar-refractivity contribution < 1.29 is 9.53 Å². The van der Waals surface area contributed by atoms with Gasteiger partial charge in [-0.25, -0.2) is 0 Å². The molecular weight excluding hydrogens is 382 g/mol. The number of hydrogen-bond donors (Lipinski definition) is 1. The number of anilines is 1. The smallest absolute Gasteiger partial charge is 0.269 e. The van der Waals surface area contributed by atoms with Crippen molar-refractivity contribution in [1.82, 2.24) is 10.2 Å². The Morgan fingerprint density at radius 3 is 2.48 bits per heavy atom. The molecule has 2 aromatic carbocycles. The molecule has 3 rings (SSSR count). The van der Waals surface area contributed by atoms with Gasteiger partial charge in [0.1, 0.15) is 10.8 Å². The average molecular weight is 402 g/mol. The molecule has 140 valence electrons. The van der Waals surface area contributed by atoms with Crippen LogP contribution in [0.4, 0.5) is 5.13 Å². The molecule has 0 radical (unpaired) electrons. The summed E-state index contributed by atoms with van der Waals surface area (Å²) in [4.78, 5) is 12.6. The first kappa shape index (κ1) is 19.3. The second-order valence-electron chi connectivity index (χ2n) is 6.51. The lowest BCUT2D eigenvalue weighted by atomic mass is 10.1. The number of nitrogens with one attached hydrogen (secondary N) is 1. The molecule has 0 atom stereocenters. The van der Waals surface area contributed by atoms with E-state index in [4.69, 9.17) is 16.3 Å². The Bertz CT molecular complexity index is 895. The molecule has 0 bridgehead atoms. The molecule has 0 aliphatic heterocycles. The van der Waals surface area contributed by atoms with Crippen molar-refractivity contribution in [3.63, 3.8) is 0 Å². The third-order valence-corrected chi connectivity index (χ3v) is 5.04. The van der Waals surface area contributed by atoms with Crippen molar-refractivity contribution >= 4 is 34.0 Å². The molecule has 1 heterocycles. The molecule has 0 saturated heterocycles. The number of amides is 1. The van der Waals surface area contributed by atoms with Crippen molar-refractivity contribution in [1.29, 1.82) is 0 Å². The Morgan fingerprint density at radius 1 is 1.07 bits per heavy atom. The van der Waals surface area contributed by atoms with Gasteiger partial charge in [0.15, 0.2) is 5.60 Å². The van der Waals surface area contributed by atoms with Crippen LogP contribution in [0, 0.1) is 0 Å². The Hall–Kier alpha value is -2.44. The molecule has 0 unspecified atom stereocenters. The van der Waals surface area contributed by atoms with Crippen molar-refractivity contribution in [2.75, 3.05) is 5.32 Å². The van der Waals surface area contributed by atoms with Gasteiger partial charge in [-0.15, -0.1) is 10.2 Å². The molecular formula is C20H20ClN3O2S. The first-order valence-electron chi connectivity index (χ1n) is 8.55. The van der Waals surface area contributed by atoms with Gasteiger partial charge in [0.05, 0.1) is 0 Å². The monoisotopic (exact) mass is 401 g/mol. The van der Waals surface area contributed by atoms with Crippen LogP contribution >= 0.6 is 22.9 Å². The minimum Gasteiger partial charge on any atom is -0.478 e. The summed E-state index contributed by atoms with van der Waals surface area (Å²) in [6.45, 7) is 3.41. The number of carbonyl (C=O) groups is 1. The van der Waals surface area contributed by atoms with E-state index < -0.39 is 5.60 Å². The summed E-state index contributed by atoms with van der Waals surface area (Å²) >= 11 is 7.25. The van der Waals surface area contributed by atoms with Gasteiger partial charge in [0.25, 0.3) is 5.91 Å². The molecule has 0 fully saturated rings. The quantitative estimate of drug-likeness (QED) is 0.619. The van der Waals surface area contributed by atoms with E-state index in [0.717, 1.165) is 17.8 Å². The predicted octanol–water partition coefficient (Wildman–Crippen LogP) is 4.77. The van der Waals surface area contributed by atoms with Gasteiger partial charge in [-0.05, 0) is 50.1 Å². The van der Waals surface area contributed by atoms with Crippen molar-refractivity contribution in [2.45, 2.75) is 32.3 Å². The highest BCUT2D eigenvalue weighted by atomic mass is 35.5. The lowest BCUT2D eigenvalue weighted by Crippen LogP contribution is -2.42. The van der Waals surface area contributed by atoms with Gasteiger partial charge in [0.2, 0.25) is 5.13 Å². The van der Waals surface area contributed by atoms with E-state index in [-0.39, 0.29) is 5.91 Å². The summed E-state index contributed by atoms with van der Waals surface area (Å²) in [5.74, 6) is 0.281. The first-order valence-corrected chi connectivity index (χ1v) is 9.74. The van der Waals surface area contributed by atoms with E-state index in [1.807, 2.05) is 18.2 Å². The van der Waals surface area contributed by atoms with Crippen LogP contribution in [0.15, 0.2) is 54.6 Å². The van der Waals surface area contributed by atoms with E-state index in [1.54, 1.807) is 38.1 Å². The highest BCUT2D eigenvalue weighted by Gasteiger charge is 2.31. The van der Waals surface area contributed by atoms with Crippen LogP contribution < -0.4 is 10.1 Å². The van der Waals surface area contributed by atoms with Gasteiger partial charge in [-0.1, -0.05) is 53.3 Å². The Kier molecular flexibility index (Phi) is 6.08. The summed E-state index contributed by atoms with van der Waals surface area (Å²) in [7, 11) is 0. The molecule has 0 aliphatic carbocycles. The van der Waals surface area contributed by atoms with Crippen LogP contribution in [0.3, 0.4) is 0 Å². The number of carbonyl (C=O) groups excluding carboxylic acids is 1. The first-order chi connectivity index (χ1) is 12.9. The van der Waals surface area contributed by atoms with Crippen LogP contribution in [-0.4, -0.2) is 21.7 Å². The maximum Gasteiger partial charge on any atom is 0.269 e. The summed E-state index contributed by atoms with van der Waals surface area (Å²) in [6.07, 6.45) is 1.66. The average Bonchev–Trinajstić information content (AvgIpc) is 3.10. The molecule has 1 N–H and O–H groups in total. The fraction of sp³-hybridized carbons (Fsp3) is 0.250. The summed E-state index contributed by atoms with van der Waals surface area (Å²) in [5.41, 5.74) is 0.180. The van der Waals surface area contributed by atoms with E-state index in [2.05, 4.69) is 27.6 Å². The van der Waals surface area contributed by atoms with Gasteiger partial charge in [0, 0.05) is 11.4 Å². The van der Waals surface area contributed by atoms with E-state index in [9.17, 15) is 4.79 Å². The van der Waals surface area contributed by atoms with Gasteiger partial charge in [-0.2, -0.15) is 0 Å². The molecule has 1 aromatic heterocycles. The third kappa shape index (κ3) is 5.52. The zero-order valence-corrected chi connectivity index (χ0v) is 16.7. The molecule has 7 heteroatoms. The molecule has 3 aromatic rings. The summed E-state index contributed by atoms with van der Waals surface area (Å²) < 4.78 is 5.79. The van der Waals surface area contributed by atoms with Crippen molar-refractivity contribution in [3.8, 4) is 5.75 Å². The van der Waals surface area contributed by atoms with Gasteiger partial charge >= 0.3 is 0 Å². The number of rotatable bonds is 7. The Morgan fingerprint density at radius 2 is 1.78 bits per heavy atom. The topological polar surface area (TPSA) is 64.1 Å². The third-order valence-electron chi connectivity index (χ3n) is 3.89. The summed E-state index contributed by atoms with van der Waals surface area (Å²) in [5, 5.41) is 13.0. The molecule has 1 amide bonds. The second kappa shape index (κ2) is 8.50. The second-order valence-corrected chi connectivity index (χ2v) is 8.01. The van der Waals surface area contributed by atoms with Crippen LogP contribution in [0.25, 0.3) is 0 Å². The number of benzene rings is 2.